The first-order chi connectivity index (χ1) is 15.2. The van der Waals surface area contributed by atoms with Crippen LogP contribution in [0.15, 0.2) is 24.3 Å². The zero-order chi connectivity index (χ0) is 22.9. The lowest BCUT2D eigenvalue weighted by Gasteiger charge is -2.43. The zero-order valence-corrected chi connectivity index (χ0v) is 18.1. The fourth-order valence-electron chi connectivity index (χ4n) is 4.96. The summed E-state index contributed by atoms with van der Waals surface area (Å²) in [6.07, 6.45) is -0.478. The predicted molar refractivity (Wildman–Crippen MR) is 110 cm³/mol. The van der Waals surface area contributed by atoms with Crippen molar-refractivity contribution in [2.45, 2.75) is 69.5 Å². The van der Waals surface area contributed by atoms with Gasteiger partial charge in [0.2, 0.25) is 5.91 Å². The summed E-state index contributed by atoms with van der Waals surface area (Å²) < 4.78 is 52.5. The average Bonchev–Trinajstić information content (AvgIpc) is 3.41. The number of amides is 2. The van der Waals surface area contributed by atoms with E-state index in [1.807, 2.05) is 0 Å². The maximum Gasteiger partial charge on any atom is 0.417 e. The molecule has 1 aliphatic carbocycles. The van der Waals surface area contributed by atoms with Gasteiger partial charge in [-0.3, -0.25) is 14.5 Å². The van der Waals surface area contributed by atoms with Crippen LogP contribution in [0, 0.1) is 5.92 Å². The van der Waals surface area contributed by atoms with Crippen molar-refractivity contribution in [1.29, 1.82) is 0 Å². The second kappa shape index (κ2) is 9.02. The summed E-state index contributed by atoms with van der Waals surface area (Å²) in [5, 5.41) is 2.82. The lowest BCUT2D eigenvalue weighted by atomic mass is 9.83. The van der Waals surface area contributed by atoms with Crippen LogP contribution in [0.25, 0.3) is 0 Å². The van der Waals surface area contributed by atoms with Crippen LogP contribution >= 0.6 is 0 Å². The van der Waals surface area contributed by atoms with Gasteiger partial charge in [0.15, 0.2) is 0 Å². The largest absolute Gasteiger partial charge is 0.417 e. The Bertz CT molecular complexity index is 846. The van der Waals surface area contributed by atoms with Crippen LogP contribution in [-0.2, 0) is 20.4 Å². The van der Waals surface area contributed by atoms with Gasteiger partial charge < -0.3 is 14.8 Å². The summed E-state index contributed by atoms with van der Waals surface area (Å²) in [4.78, 5) is 27.9. The van der Waals surface area contributed by atoms with Gasteiger partial charge in [0.1, 0.15) is 11.8 Å². The van der Waals surface area contributed by atoms with Crippen LogP contribution in [0.5, 0.6) is 0 Å². The Hall–Kier alpha value is -2.13. The van der Waals surface area contributed by atoms with Crippen LogP contribution in [0.1, 0.15) is 61.4 Å². The molecular formula is C23H29F3N2O4. The number of rotatable bonds is 4. The van der Waals surface area contributed by atoms with Gasteiger partial charge in [-0.2, -0.15) is 13.2 Å². The topological polar surface area (TPSA) is 67.9 Å². The van der Waals surface area contributed by atoms with Crippen molar-refractivity contribution < 1.29 is 32.2 Å². The number of hydrogen-bond acceptors (Lipinski definition) is 4. The normalized spacial score (nSPS) is 30.6. The van der Waals surface area contributed by atoms with E-state index in [1.165, 1.54) is 23.1 Å². The van der Waals surface area contributed by atoms with Gasteiger partial charge in [-0.1, -0.05) is 19.1 Å². The molecule has 3 aliphatic rings. The molecule has 1 spiro atoms. The smallest absolute Gasteiger partial charge is 0.376 e. The Morgan fingerprint density at radius 1 is 1.19 bits per heavy atom. The van der Waals surface area contributed by atoms with Crippen LogP contribution in [0.3, 0.4) is 0 Å². The summed E-state index contributed by atoms with van der Waals surface area (Å²) in [7, 11) is 0. The molecule has 4 rings (SSSR count). The Morgan fingerprint density at radius 3 is 2.56 bits per heavy atom. The third kappa shape index (κ3) is 4.50. The van der Waals surface area contributed by atoms with E-state index in [1.54, 1.807) is 0 Å². The summed E-state index contributed by atoms with van der Waals surface area (Å²) in [6.45, 7) is 3.01. The van der Waals surface area contributed by atoms with Gasteiger partial charge in [-0.15, -0.1) is 0 Å². The molecule has 176 valence electrons. The van der Waals surface area contributed by atoms with Crippen molar-refractivity contribution in [3.8, 4) is 0 Å². The van der Waals surface area contributed by atoms with Crippen molar-refractivity contribution in [2.24, 2.45) is 5.92 Å². The molecule has 0 unspecified atom stereocenters. The molecule has 2 saturated heterocycles. The lowest BCUT2D eigenvalue weighted by Crippen LogP contribution is -2.57. The van der Waals surface area contributed by atoms with Gasteiger partial charge in [0.25, 0.3) is 5.91 Å². The van der Waals surface area contributed by atoms with Gasteiger partial charge in [-0.25, -0.2) is 0 Å². The molecule has 1 aromatic rings. The number of halogens is 3. The zero-order valence-electron chi connectivity index (χ0n) is 18.1. The fraction of sp³-hybridized carbons (Fsp3) is 0.652. The van der Waals surface area contributed by atoms with Gasteiger partial charge in [-0.05, 0) is 56.6 Å². The molecule has 1 saturated carbocycles. The maximum absolute atomic E-state index is 13.6. The van der Waals surface area contributed by atoms with Crippen LogP contribution in [-0.4, -0.2) is 54.3 Å². The molecule has 1 N–H and O–H groups in total. The van der Waals surface area contributed by atoms with Crippen LogP contribution in [0.2, 0.25) is 0 Å². The van der Waals surface area contributed by atoms with Crippen molar-refractivity contribution in [1.82, 2.24) is 10.2 Å². The van der Waals surface area contributed by atoms with Gasteiger partial charge in [0, 0.05) is 13.2 Å². The van der Waals surface area contributed by atoms with E-state index in [4.69, 9.17) is 9.47 Å². The summed E-state index contributed by atoms with van der Waals surface area (Å²) in [5.41, 5.74) is -2.52. The first-order valence-electron chi connectivity index (χ1n) is 11.2. The average molecular weight is 454 g/mol. The molecule has 0 bridgehead atoms. The number of nitrogens with zero attached hydrogens (tertiary/aromatic N) is 1. The van der Waals surface area contributed by atoms with Crippen molar-refractivity contribution in [3.63, 3.8) is 0 Å². The van der Waals surface area contributed by atoms with E-state index in [0.29, 0.717) is 31.9 Å². The summed E-state index contributed by atoms with van der Waals surface area (Å²) in [5.74, 6) is -0.813. The number of nitrogens with one attached hydrogen (secondary N) is 1. The number of alkyl halides is 3. The number of ether oxygens (including phenoxy) is 2. The first-order valence-corrected chi connectivity index (χ1v) is 11.2. The van der Waals surface area contributed by atoms with E-state index in [2.05, 4.69) is 12.2 Å². The monoisotopic (exact) mass is 454 g/mol. The fourth-order valence-corrected chi connectivity index (χ4v) is 4.96. The van der Waals surface area contributed by atoms with Crippen molar-refractivity contribution in [2.75, 3.05) is 19.8 Å². The van der Waals surface area contributed by atoms with E-state index >= 15 is 0 Å². The highest BCUT2D eigenvalue weighted by Gasteiger charge is 2.54. The highest BCUT2D eigenvalue weighted by molar-refractivity contribution is 5.99. The van der Waals surface area contributed by atoms with Crippen molar-refractivity contribution in [3.05, 3.63) is 35.4 Å². The minimum atomic E-state index is -4.68. The Balaban J connectivity index is 1.63. The second-order valence-corrected chi connectivity index (χ2v) is 9.05. The third-order valence-electron chi connectivity index (χ3n) is 6.83. The SMILES string of the molecule is CC1CCC2(CC1)OC[C@H](C(=O)NC[C@H]1CCCO1)N2C(=O)c1ccccc1C(F)(F)F. The quantitative estimate of drug-likeness (QED) is 0.753. The van der Waals surface area contributed by atoms with E-state index in [9.17, 15) is 22.8 Å². The highest BCUT2D eigenvalue weighted by atomic mass is 19.4. The minimum absolute atomic E-state index is 0.0360. The number of carbonyl (C=O) groups is 2. The van der Waals surface area contributed by atoms with Crippen LogP contribution < -0.4 is 5.32 Å². The lowest BCUT2D eigenvalue weighted by molar-refractivity contribution is -0.138. The van der Waals surface area contributed by atoms with E-state index < -0.39 is 40.9 Å². The molecule has 0 radical (unpaired) electrons. The standard InChI is InChI=1S/C23H29F3N2O4/c1-15-8-10-22(11-9-15)28(21(30)17-6-2-3-7-18(17)23(24,25)26)19(14-32-22)20(29)27-13-16-5-4-12-31-16/h2-3,6-7,15-16,19H,4-5,8-14H2,1H3,(H,27,29)/t15?,16-,19-,22?/m1/s1. The van der Waals surface area contributed by atoms with Gasteiger partial charge in [0.05, 0.1) is 23.8 Å². The number of carbonyl (C=O) groups excluding carboxylic acids is 2. The van der Waals surface area contributed by atoms with Crippen molar-refractivity contribution >= 4 is 11.8 Å². The second-order valence-electron chi connectivity index (χ2n) is 9.05. The molecule has 32 heavy (non-hydrogen) atoms. The molecule has 9 heteroatoms. The first kappa shape index (κ1) is 23.0. The predicted octanol–water partition coefficient (Wildman–Crippen LogP) is 3.75. The molecule has 3 fully saturated rings. The molecule has 6 nitrogen and oxygen atoms in total. The molecular weight excluding hydrogens is 425 g/mol. The number of benzene rings is 1. The van der Waals surface area contributed by atoms with E-state index in [0.717, 1.165) is 31.7 Å². The summed E-state index contributed by atoms with van der Waals surface area (Å²) >= 11 is 0. The minimum Gasteiger partial charge on any atom is -0.376 e. The molecule has 2 amide bonds. The van der Waals surface area contributed by atoms with E-state index in [-0.39, 0.29) is 12.7 Å². The van der Waals surface area contributed by atoms with Crippen LogP contribution in [0.4, 0.5) is 13.2 Å². The summed E-state index contributed by atoms with van der Waals surface area (Å²) in [6, 6.07) is 3.74. The molecule has 2 heterocycles. The molecule has 0 aromatic heterocycles. The maximum atomic E-state index is 13.6. The third-order valence-corrected chi connectivity index (χ3v) is 6.83. The molecule has 1 aromatic carbocycles. The van der Waals surface area contributed by atoms with Gasteiger partial charge >= 0.3 is 6.18 Å². The number of hydrogen-bond donors (Lipinski definition) is 1. The molecule has 2 atom stereocenters. The highest BCUT2D eigenvalue weighted by Crippen LogP contribution is 2.44. The Labute approximate surface area is 185 Å². The Morgan fingerprint density at radius 2 is 1.91 bits per heavy atom. The Kier molecular flexibility index (Phi) is 6.49. The molecule has 2 aliphatic heterocycles.